The SMILES string of the molecule is COc1ccc(CC(=O)NCc2ccc(OC)cc2Cl)cc1. The molecule has 0 bridgehead atoms. The molecule has 0 radical (unpaired) electrons. The van der Waals surface area contributed by atoms with Crippen LogP contribution in [0.3, 0.4) is 0 Å². The summed E-state index contributed by atoms with van der Waals surface area (Å²) >= 11 is 6.14. The topological polar surface area (TPSA) is 47.6 Å². The van der Waals surface area contributed by atoms with E-state index in [4.69, 9.17) is 21.1 Å². The van der Waals surface area contributed by atoms with Crippen LogP contribution in [0.1, 0.15) is 11.1 Å². The molecule has 0 aliphatic carbocycles. The Kier molecular flexibility index (Phi) is 5.67. The third-order valence-corrected chi connectivity index (χ3v) is 3.61. The highest BCUT2D eigenvalue weighted by atomic mass is 35.5. The van der Waals surface area contributed by atoms with Crippen LogP contribution in [0.2, 0.25) is 5.02 Å². The van der Waals surface area contributed by atoms with Crippen LogP contribution in [0.15, 0.2) is 42.5 Å². The lowest BCUT2D eigenvalue weighted by Crippen LogP contribution is -2.24. The van der Waals surface area contributed by atoms with Crippen molar-refractivity contribution in [2.24, 2.45) is 0 Å². The maximum Gasteiger partial charge on any atom is 0.224 e. The average molecular weight is 320 g/mol. The Bertz CT molecular complexity index is 641. The highest BCUT2D eigenvalue weighted by Crippen LogP contribution is 2.22. The quantitative estimate of drug-likeness (QED) is 0.889. The van der Waals surface area contributed by atoms with Gasteiger partial charge in [-0.05, 0) is 35.4 Å². The van der Waals surface area contributed by atoms with E-state index in [1.165, 1.54) is 0 Å². The maximum absolute atomic E-state index is 12.0. The zero-order chi connectivity index (χ0) is 15.9. The number of hydrogen-bond acceptors (Lipinski definition) is 3. The molecule has 0 fully saturated rings. The summed E-state index contributed by atoms with van der Waals surface area (Å²) in [6.45, 7) is 0.387. The Morgan fingerprint density at radius 1 is 1.05 bits per heavy atom. The first kappa shape index (κ1) is 16.2. The van der Waals surface area contributed by atoms with Crippen molar-refractivity contribution in [3.63, 3.8) is 0 Å². The van der Waals surface area contributed by atoms with E-state index < -0.39 is 0 Å². The molecule has 2 rings (SSSR count). The van der Waals surface area contributed by atoms with Crippen molar-refractivity contribution >= 4 is 17.5 Å². The number of amides is 1. The lowest BCUT2D eigenvalue weighted by Gasteiger charge is -2.09. The molecule has 0 saturated carbocycles. The summed E-state index contributed by atoms with van der Waals surface area (Å²) in [7, 11) is 3.20. The van der Waals surface area contributed by atoms with Gasteiger partial charge in [-0.25, -0.2) is 0 Å². The zero-order valence-electron chi connectivity index (χ0n) is 12.6. The fraction of sp³-hybridized carbons (Fsp3) is 0.235. The Labute approximate surface area is 135 Å². The summed E-state index contributed by atoms with van der Waals surface area (Å²) in [5, 5.41) is 3.43. The number of benzene rings is 2. The molecule has 2 aromatic carbocycles. The summed E-state index contributed by atoms with van der Waals surface area (Å²) in [6, 6.07) is 12.8. The molecule has 0 spiro atoms. The van der Waals surface area contributed by atoms with Gasteiger partial charge in [-0.2, -0.15) is 0 Å². The van der Waals surface area contributed by atoms with Crippen LogP contribution in [0, 0.1) is 0 Å². The highest BCUT2D eigenvalue weighted by molar-refractivity contribution is 6.31. The standard InChI is InChI=1S/C17H18ClNO3/c1-21-14-6-3-12(4-7-14)9-17(20)19-11-13-5-8-15(22-2)10-16(13)18/h3-8,10H,9,11H2,1-2H3,(H,19,20). The molecule has 0 aliphatic rings. The van der Waals surface area contributed by atoms with Crippen LogP contribution in [-0.4, -0.2) is 20.1 Å². The summed E-state index contributed by atoms with van der Waals surface area (Å²) in [5.74, 6) is 1.41. The first-order valence-electron chi connectivity index (χ1n) is 6.84. The van der Waals surface area contributed by atoms with Gasteiger partial charge in [0, 0.05) is 11.6 Å². The molecular weight excluding hydrogens is 302 g/mol. The predicted octanol–water partition coefficient (Wildman–Crippen LogP) is 3.22. The van der Waals surface area contributed by atoms with Gasteiger partial charge >= 0.3 is 0 Å². The second-order valence-corrected chi connectivity index (χ2v) is 5.17. The molecule has 1 amide bonds. The van der Waals surface area contributed by atoms with Crippen LogP contribution in [-0.2, 0) is 17.8 Å². The zero-order valence-corrected chi connectivity index (χ0v) is 13.3. The molecule has 0 saturated heterocycles. The highest BCUT2D eigenvalue weighted by Gasteiger charge is 2.06. The van der Waals surface area contributed by atoms with Crippen LogP contribution >= 0.6 is 11.6 Å². The Balaban J connectivity index is 1.89. The van der Waals surface area contributed by atoms with Gasteiger partial charge in [0.05, 0.1) is 20.6 Å². The monoisotopic (exact) mass is 319 g/mol. The van der Waals surface area contributed by atoms with Gasteiger partial charge in [0.2, 0.25) is 5.91 Å². The van der Waals surface area contributed by atoms with Gasteiger partial charge in [0.15, 0.2) is 0 Å². The van der Waals surface area contributed by atoms with E-state index in [0.29, 0.717) is 23.7 Å². The predicted molar refractivity (Wildman–Crippen MR) is 86.5 cm³/mol. The first-order chi connectivity index (χ1) is 10.6. The average Bonchev–Trinajstić information content (AvgIpc) is 2.54. The van der Waals surface area contributed by atoms with E-state index in [2.05, 4.69) is 5.32 Å². The van der Waals surface area contributed by atoms with Crippen LogP contribution in [0.4, 0.5) is 0 Å². The Hall–Kier alpha value is -2.20. The summed E-state index contributed by atoms with van der Waals surface area (Å²) in [5.41, 5.74) is 1.78. The van der Waals surface area contributed by atoms with Crippen molar-refractivity contribution in [3.8, 4) is 11.5 Å². The number of methoxy groups -OCH3 is 2. The molecule has 0 aliphatic heterocycles. The van der Waals surface area contributed by atoms with Gasteiger partial charge in [0.25, 0.3) is 0 Å². The van der Waals surface area contributed by atoms with E-state index in [1.807, 2.05) is 36.4 Å². The first-order valence-corrected chi connectivity index (χ1v) is 7.22. The minimum atomic E-state index is -0.0583. The molecule has 22 heavy (non-hydrogen) atoms. The van der Waals surface area contributed by atoms with Crippen molar-refractivity contribution in [2.45, 2.75) is 13.0 Å². The second-order valence-electron chi connectivity index (χ2n) is 4.76. The minimum absolute atomic E-state index is 0.0583. The van der Waals surface area contributed by atoms with Crippen molar-refractivity contribution in [3.05, 3.63) is 58.6 Å². The molecule has 5 heteroatoms. The van der Waals surface area contributed by atoms with Gasteiger partial charge in [0.1, 0.15) is 11.5 Å². The molecule has 0 unspecified atom stereocenters. The summed E-state index contributed by atoms with van der Waals surface area (Å²) in [4.78, 5) is 12.0. The van der Waals surface area contributed by atoms with Crippen molar-refractivity contribution < 1.29 is 14.3 Å². The maximum atomic E-state index is 12.0. The normalized spacial score (nSPS) is 10.1. The van der Waals surface area contributed by atoms with E-state index in [9.17, 15) is 4.79 Å². The molecule has 116 valence electrons. The summed E-state index contributed by atoms with van der Waals surface area (Å²) < 4.78 is 10.2. The van der Waals surface area contributed by atoms with E-state index in [0.717, 1.165) is 16.9 Å². The number of halogens is 1. The van der Waals surface area contributed by atoms with Crippen LogP contribution in [0.25, 0.3) is 0 Å². The summed E-state index contributed by atoms with van der Waals surface area (Å²) in [6.07, 6.45) is 0.317. The number of carbonyl (C=O) groups excluding carboxylic acids is 1. The molecule has 4 nitrogen and oxygen atoms in total. The van der Waals surface area contributed by atoms with Crippen LogP contribution in [0.5, 0.6) is 11.5 Å². The van der Waals surface area contributed by atoms with Gasteiger partial charge < -0.3 is 14.8 Å². The lowest BCUT2D eigenvalue weighted by atomic mass is 10.1. The Morgan fingerprint density at radius 3 is 2.27 bits per heavy atom. The largest absolute Gasteiger partial charge is 0.497 e. The minimum Gasteiger partial charge on any atom is -0.497 e. The number of nitrogens with one attached hydrogen (secondary N) is 1. The molecule has 1 N–H and O–H groups in total. The number of rotatable bonds is 6. The fourth-order valence-corrected chi connectivity index (χ4v) is 2.22. The number of hydrogen-bond donors (Lipinski definition) is 1. The molecule has 2 aromatic rings. The number of carbonyl (C=O) groups is 1. The van der Waals surface area contributed by atoms with E-state index in [-0.39, 0.29) is 5.91 Å². The second kappa shape index (κ2) is 7.71. The third kappa shape index (κ3) is 4.40. The van der Waals surface area contributed by atoms with Crippen molar-refractivity contribution in [2.75, 3.05) is 14.2 Å². The molecule has 0 heterocycles. The number of ether oxygens (including phenoxy) is 2. The third-order valence-electron chi connectivity index (χ3n) is 3.26. The van der Waals surface area contributed by atoms with E-state index in [1.54, 1.807) is 20.3 Å². The van der Waals surface area contributed by atoms with Gasteiger partial charge in [-0.3, -0.25) is 4.79 Å². The smallest absolute Gasteiger partial charge is 0.224 e. The Morgan fingerprint density at radius 2 is 1.68 bits per heavy atom. The van der Waals surface area contributed by atoms with Gasteiger partial charge in [-0.15, -0.1) is 0 Å². The van der Waals surface area contributed by atoms with Crippen molar-refractivity contribution in [1.29, 1.82) is 0 Å². The van der Waals surface area contributed by atoms with Crippen LogP contribution < -0.4 is 14.8 Å². The van der Waals surface area contributed by atoms with E-state index >= 15 is 0 Å². The van der Waals surface area contributed by atoms with Crippen molar-refractivity contribution in [1.82, 2.24) is 5.32 Å². The molecule has 0 atom stereocenters. The van der Waals surface area contributed by atoms with Gasteiger partial charge in [-0.1, -0.05) is 29.8 Å². The molecule has 0 aromatic heterocycles. The molecular formula is C17H18ClNO3. The fourth-order valence-electron chi connectivity index (χ4n) is 1.98. The lowest BCUT2D eigenvalue weighted by molar-refractivity contribution is -0.120.